The molecule has 0 spiro atoms. The molecule has 3 aromatic heterocycles. The van der Waals surface area contributed by atoms with Crippen LogP contribution in [0.25, 0.3) is 5.65 Å². The lowest BCUT2D eigenvalue weighted by Gasteiger charge is -2.16. The van der Waals surface area contributed by atoms with E-state index in [1.54, 1.807) is 10.6 Å². The van der Waals surface area contributed by atoms with E-state index in [-0.39, 0.29) is 11.6 Å². The molecule has 134 valence electrons. The first-order chi connectivity index (χ1) is 12.5. The summed E-state index contributed by atoms with van der Waals surface area (Å²) in [5, 5.41) is 0. The number of nitrogens with one attached hydrogen (secondary N) is 2. The number of aromatic nitrogens is 2. The van der Waals surface area contributed by atoms with Gasteiger partial charge in [0, 0.05) is 17.3 Å². The maximum atomic E-state index is 12.4. The Balaban J connectivity index is 1.43. The summed E-state index contributed by atoms with van der Waals surface area (Å²) in [5.41, 5.74) is 8.24. The second-order valence-corrected chi connectivity index (χ2v) is 8.05. The minimum absolute atomic E-state index is 0.259. The molecule has 26 heavy (non-hydrogen) atoms. The number of hydrogen-bond acceptors (Lipinski definition) is 4. The largest absolute Gasteiger partial charge is 0.306 e. The molecule has 0 saturated carbocycles. The number of aryl methyl sites for hydroxylation is 2. The van der Waals surface area contributed by atoms with Crippen LogP contribution in [0.4, 0.5) is 0 Å². The molecule has 7 heteroatoms. The number of imidazole rings is 1. The maximum Gasteiger partial charge on any atom is 0.289 e. The molecule has 0 aromatic carbocycles. The van der Waals surface area contributed by atoms with E-state index in [9.17, 15) is 9.59 Å². The van der Waals surface area contributed by atoms with Crippen LogP contribution >= 0.6 is 11.3 Å². The van der Waals surface area contributed by atoms with Crippen molar-refractivity contribution in [3.8, 4) is 0 Å². The Morgan fingerprint density at radius 2 is 2.08 bits per heavy atom. The van der Waals surface area contributed by atoms with Crippen molar-refractivity contribution in [2.24, 2.45) is 5.92 Å². The van der Waals surface area contributed by atoms with Gasteiger partial charge >= 0.3 is 0 Å². The van der Waals surface area contributed by atoms with E-state index in [4.69, 9.17) is 0 Å². The van der Waals surface area contributed by atoms with E-state index >= 15 is 0 Å². The van der Waals surface area contributed by atoms with Crippen molar-refractivity contribution in [2.75, 3.05) is 0 Å². The van der Waals surface area contributed by atoms with Crippen LogP contribution in [0, 0.1) is 12.8 Å². The molecule has 2 amide bonds. The molecule has 0 aliphatic heterocycles. The first-order valence-corrected chi connectivity index (χ1v) is 9.49. The van der Waals surface area contributed by atoms with Gasteiger partial charge in [0.15, 0.2) is 0 Å². The van der Waals surface area contributed by atoms with Crippen molar-refractivity contribution in [1.29, 1.82) is 0 Å². The number of thiophene rings is 1. The Kier molecular flexibility index (Phi) is 4.24. The van der Waals surface area contributed by atoms with Gasteiger partial charge in [-0.2, -0.15) is 0 Å². The molecule has 3 heterocycles. The summed E-state index contributed by atoms with van der Waals surface area (Å²) in [4.78, 5) is 30.8. The fraction of sp³-hybridized carbons (Fsp3) is 0.316. The second kappa shape index (κ2) is 6.57. The number of hydrogen-bond donors (Lipinski definition) is 2. The summed E-state index contributed by atoms with van der Waals surface area (Å²) in [5.74, 6) is -0.0638. The monoisotopic (exact) mass is 368 g/mol. The Bertz CT molecular complexity index is 1000. The van der Waals surface area contributed by atoms with E-state index in [0.29, 0.717) is 16.4 Å². The zero-order valence-electron chi connectivity index (χ0n) is 14.7. The van der Waals surface area contributed by atoms with E-state index in [1.807, 2.05) is 31.3 Å². The number of carbonyl (C=O) groups is 2. The summed E-state index contributed by atoms with van der Waals surface area (Å²) in [6, 6.07) is 5.79. The van der Waals surface area contributed by atoms with E-state index in [1.165, 1.54) is 28.2 Å². The standard InChI is InChI=1S/C19H20N4O2S/c1-11-3-4-15-13(7-11)9-16(26-15)19(25)22-21-18(24)14-10-23-6-5-12(2)8-17(23)20-14/h5-6,8-11H,3-4,7H2,1-2H3,(H,21,24)(H,22,25). The summed E-state index contributed by atoms with van der Waals surface area (Å²) >= 11 is 1.52. The van der Waals surface area contributed by atoms with Crippen LogP contribution in [-0.4, -0.2) is 21.2 Å². The van der Waals surface area contributed by atoms with Gasteiger partial charge in [-0.1, -0.05) is 6.92 Å². The average Bonchev–Trinajstić information content (AvgIpc) is 3.22. The average molecular weight is 368 g/mol. The van der Waals surface area contributed by atoms with Crippen molar-refractivity contribution in [3.63, 3.8) is 0 Å². The molecule has 3 aromatic rings. The minimum atomic E-state index is -0.436. The summed E-state index contributed by atoms with van der Waals surface area (Å²) in [6.45, 7) is 4.20. The molecule has 0 radical (unpaired) electrons. The van der Waals surface area contributed by atoms with Crippen molar-refractivity contribution in [2.45, 2.75) is 33.1 Å². The molecule has 0 saturated heterocycles. The summed E-state index contributed by atoms with van der Waals surface area (Å²) in [7, 11) is 0. The first kappa shape index (κ1) is 16.8. The lowest BCUT2D eigenvalue weighted by Crippen LogP contribution is -2.41. The van der Waals surface area contributed by atoms with Crippen molar-refractivity contribution >= 4 is 28.8 Å². The predicted octanol–water partition coefficient (Wildman–Crippen LogP) is 2.90. The molecular formula is C19H20N4O2S. The van der Waals surface area contributed by atoms with E-state index in [0.717, 1.165) is 18.4 Å². The quantitative estimate of drug-likeness (QED) is 0.683. The molecule has 1 atom stereocenters. The van der Waals surface area contributed by atoms with Crippen molar-refractivity contribution < 1.29 is 9.59 Å². The zero-order chi connectivity index (χ0) is 18.3. The smallest absolute Gasteiger partial charge is 0.289 e. The topological polar surface area (TPSA) is 75.5 Å². The highest BCUT2D eigenvalue weighted by molar-refractivity contribution is 7.14. The van der Waals surface area contributed by atoms with Gasteiger partial charge in [0.05, 0.1) is 4.88 Å². The van der Waals surface area contributed by atoms with Gasteiger partial charge in [-0.25, -0.2) is 4.98 Å². The van der Waals surface area contributed by atoms with Crippen LogP contribution in [-0.2, 0) is 12.8 Å². The van der Waals surface area contributed by atoms with Gasteiger partial charge in [0.25, 0.3) is 11.8 Å². The molecular weight excluding hydrogens is 348 g/mol. The third-order valence-corrected chi connectivity index (χ3v) is 5.93. The number of amides is 2. The molecule has 6 nitrogen and oxygen atoms in total. The highest BCUT2D eigenvalue weighted by atomic mass is 32.1. The van der Waals surface area contributed by atoms with Gasteiger partial charge in [0.2, 0.25) is 0 Å². The number of pyridine rings is 1. The Morgan fingerprint density at radius 1 is 1.27 bits per heavy atom. The van der Waals surface area contributed by atoms with Gasteiger partial charge in [-0.3, -0.25) is 20.4 Å². The predicted molar refractivity (Wildman–Crippen MR) is 100 cm³/mol. The lowest BCUT2D eigenvalue weighted by molar-refractivity contribution is 0.0846. The van der Waals surface area contributed by atoms with Gasteiger partial charge in [-0.15, -0.1) is 11.3 Å². The molecule has 0 bridgehead atoms. The zero-order valence-corrected chi connectivity index (χ0v) is 15.5. The summed E-state index contributed by atoms with van der Waals surface area (Å²) < 4.78 is 1.78. The number of rotatable bonds is 2. The molecule has 0 fully saturated rings. The Hall–Kier alpha value is -2.67. The van der Waals surface area contributed by atoms with Crippen molar-refractivity contribution in [3.05, 3.63) is 57.2 Å². The lowest BCUT2D eigenvalue weighted by atomic mass is 9.90. The fourth-order valence-electron chi connectivity index (χ4n) is 3.25. The number of fused-ring (bicyclic) bond motifs is 2. The highest BCUT2D eigenvalue weighted by Gasteiger charge is 2.21. The minimum Gasteiger partial charge on any atom is -0.306 e. The number of carbonyl (C=O) groups excluding carboxylic acids is 2. The van der Waals surface area contributed by atoms with Gasteiger partial charge in [-0.05, 0) is 61.4 Å². The van der Waals surface area contributed by atoms with Crippen LogP contribution < -0.4 is 10.9 Å². The third-order valence-electron chi connectivity index (χ3n) is 4.69. The van der Waals surface area contributed by atoms with Crippen LogP contribution in [0.5, 0.6) is 0 Å². The van der Waals surface area contributed by atoms with E-state index < -0.39 is 5.91 Å². The maximum absolute atomic E-state index is 12.4. The SMILES string of the molecule is Cc1ccn2cc(C(=O)NNC(=O)c3cc4c(s3)CCC(C)C4)nc2c1. The first-order valence-electron chi connectivity index (χ1n) is 8.67. The summed E-state index contributed by atoms with van der Waals surface area (Å²) in [6.07, 6.45) is 6.71. The second-order valence-electron chi connectivity index (χ2n) is 6.91. The van der Waals surface area contributed by atoms with Crippen LogP contribution in [0.15, 0.2) is 30.6 Å². The van der Waals surface area contributed by atoms with Crippen LogP contribution in [0.3, 0.4) is 0 Å². The van der Waals surface area contributed by atoms with Crippen molar-refractivity contribution in [1.82, 2.24) is 20.2 Å². The Morgan fingerprint density at radius 3 is 2.92 bits per heavy atom. The van der Waals surface area contributed by atoms with Gasteiger partial charge in [0.1, 0.15) is 11.3 Å². The molecule has 4 rings (SSSR count). The third kappa shape index (κ3) is 3.22. The number of hydrazine groups is 1. The normalized spacial score (nSPS) is 16.3. The molecule has 1 unspecified atom stereocenters. The molecule has 1 aliphatic carbocycles. The van der Waals surface area contributed by atoms with Crippen LogP contribution in [0.1, 0.15) is 49.5 Å². The van der Waals surface area contributed by atoms with Crippen LogP contribution in [0.2, 0.25) is 0 Å². The van der Waals surface area contributed by atoms with E-state index in [2.05, 4.69) is 22.8 Å². The number of nitrogens with zero attached hydrogens (tertiary/aromatic N) is 2. The molecule has 2 N–H and O–H groups in total. The molecule has 1 aliphatic rings. The fourth-order valence-corrected chi connectivity index (χ4v) is 4.35. The highest BCUT2D eigenvalue weighted by Crippen LogP contribution is 2.32. The Labute approximate surface area is 155 Å². The van der Waals surface area contributed by atoms with Gasteiger partial charge < -0.3 is 4.40 Å².